The molecule has 5 nitrogen and oxygen atoms in total. The summed E-state index contributed by atoms with van der Waals surface area (Å²) >= 11 is 1.70. The lowest BCUT2D eigenvalue weighted by Crippen LogP contribution is -2.53. The van der Waals surface area contributed by atoms with Crippen molar-refractivity contribution in [3.8, 4) is 0 Å². The minimum Gasteiger partial charge on any atom is -0.322 e. The molecule has 2 N–H and O–H groups in total. The number of carbonyl (C=O) groups excluding carboxylic acids is 1. The summed E-state index contributed by atoms with van der Waals surface area (Å²) in [6, 6.07) is 8.66. The van der Waals surface area contributed by atoms with Crippen molar-refractivity contribution in [2.75, 3.05) is 50.8 Å². The molecule has 0 aliphatic carbocycles. The maximum absolute atomic E-state index is 12.3. The van der Waals surface area contributed by atoms with E-state index in [1.807, 2.05) is 35.4 Å². The van der Waals surface area contributed by atoms with Crippen molar-refractivity contribution in [1.82, 2.24) is 15.1 Å². The van der Waals surface area contributed by atoms with Gasteiger partial charge in [-0.15, -0.1) is 11.8 Å². The molecule has 3 rings (SSSR count). The molecule has 22 heavy (non-hydrogen) atoms. The monoisotopic (exact) mass is 320 g/mol. The second kappa shape index (κ2) is 7.35. The van der Waals surface area contributed by atoms with Crippen LogP contribution in [0, 0.1) is 0 Å². The second-order valence-electron chi connectivity index (χ2n) is 5.83. The number of hydrogen-bond donors (Lipinski definition) is 2. The van der Waals surface area contributed by atoms with Crippen molar-refractivity contribution in [2.45, 2.75) is 17.4 Å². The van der Waals surface area contributed by atoms with Crippen molar-refractivity contribution in [1.29, 1.82) is 0 Å². The van der Waals surface area contributed by atoms with E-state index in [2.05, 4.69) is 15.5 Å². The Morgan fingerprint density at radius 1 is 1.23 bits per heavy atom. The molecular weight excluding hydrogens is 296 g/mol. The lowest BCUT2D eigenvalue weighted by molar-refractivity contribution is 0.119. The lowest BCUT2D eigenvalue weighted by atomic mass is 10.2. The second-order valence-corrected chi connectivity index (χ2v) is 6.71. The summed E-state index contributed by atoms with van der Waals surface area (Å²) in [6.07, 6.45) is 3.28. The molecule has 0 saturated carbocycles. The van der Waals surface area contributed by atoms with E-state index in [0.717, 1.165) is 45.0 Å². The van der Waals surface area contributed by atoms with Crippen LogP contribution >= 0.6 is 11.8 Å². The summed E-state index contributed by atoms with van der Waals surface area (Å²) in [6.45, 7) is 5.79. The van der Waals surface area contributed by atoms with E-state index >= 15 is 0 Å². The van der Waals surface area contributed by atoms with E-state index in [1.54, 1.807) is 11.8 Å². The number of carbonyl (C=O) groups is 1. The molecule has 6 heteroatoms. The van der Waals surface area contributed by atoms with Gasteiger partial charge >= 0.3 is 6.03 Å². The number of nitrogens with one attached hydrogen (secondary N) is 2. The van der Waals surface area contributed by atoms with E-state index in [0.29, 0.717) is 6.04 Å². The molecule has 1 atom stereocenters. The number of hydrogen-bond acceptors (Lipinski definition) is 4. The maximum atomic E-state index is 12.3. The largest absolute Gasteiger partial charge is 0.322 e. The fourth-order valence-corrected chi connectivity index (χ4v) is 3.53. The molecule has 0 spiro atoms. The molecule has 1 aromatic carbocycles. The number of benzene rings is 1. The highest BCUT2D eigenvalue weighted by atomic mass is 32.2. The molecule has 2 amide bonds. The van der Waals surface area contributed by atoms with Gasteiger partial charge in [0.05, 0.1) is 0 Å². The predicted octanol–water partition coefficient (Wildman–Crippen LogP) is 1.92. The SMILES string of the molecule is CSc1ccc(NC(=O)N2CCN([C@H]3CCNC3)CC2)cc1. The maximum Gasteiger partial charge on any atom is 0.321 e. The molecular formula is C16H24N4OS. The Morgan fingerprint density at radius 3 is 2.55 bits per heavy atom. The van der Waals surface area contributed by atoms with E-state index in [-0.39, 0.29) is 6.03 Å². The van der Waals surface area contributed by atoms with Crippen LogP contribution in [0.5, 0.6) is 0 Å². The summed E-state index contributed by atoms with van der Waals surface area (Å²) in [5.41, 5.74) is 0.866. The molecule has 0 radical (unpaired) electrons. The quantitative estimate of drug-likeness (QED) is 0.836. The van der Waals surface area contributed by atoms with Crippen molar-refractivity contribution >= 4 is 23.5 Å². The number of thioether (sulfide) groups is 1. The van der Waals surface area contributed by atoms with Crippen molar-refractivity contribution in [3.05, 3.63) is 24.3 Å². The van der Waals surface area contributed by atoms with Crippen LogP contribution in [0.3, 0.4) is 0 Å². The minimum absolute atomic E-state index is 0.0149. The summed E-state index contributed by atoms with van der Waals surface area (Å²) < 4.78 is 0. The van der Waals surface area contributed by atoms with Gasteiger partial charge in [0.15, 0.2) is 0 Å². The minimum atomic E-state index is 0.0149. The topological polar surface area (TPSA) is 47.6 Å². The van der Waals surface area contributed by atoms with E-state index in [4.69, 9.17) is 0 Å². The van der Waals surface area contributed by atoms with E-state index < -0.39 is 0 Å². The van der Waals surface area contributed by atoms with E-state index in [1.165, 1.54) is 11.3 Å². The van der Waals surface area contributed by atoms with Gasteiger partial charge in [0, 0.05) is 49.3 Å². The van der Waals surface area contributed by atoms with Crippen LogP contribution < -0.4 is 10.6 Å². The highest BCUT2D eigenvalue weighted by Crippen LogP contribution is 2.18. The zero-order chi connectivity index (χ0) is 15.4. The number of rotatable bonds is 3. The Labute approximate surface area is 136 Å². The van der Waals surface area contributed by atoms with Gasteiger partial charge in [0.2, 0.25) is 0 Å². The molecule has 0 bridgehead atoms. The van der Waals surface area contributed by atoms with Gasteiger partial charge < -0.3 is 15.5 Å². The highest BCUT2D eigenvalue weighted by molar-refractivity contribution is 7.98. The number of piperazine rings is 1. The van der Waals surface area contributed by atoms with Crippen LogP contribution in [0.1, 0.15) is 6.42 Å². The van der Waals surface area contributed by atoms with Crippen LogP contribution in [-0.2, 0) is 0 Å². The Hall–Kier alpha value is -1.24. The van der Waals surface area contributed by atoms with Crippen LogP contribution in [0.4, 0.5) is 10.5 Å². The number of urea groups is 1. The predicted molar refractivity (Wildman–Crippen MR) is 91.7 cm³/mol. The van der Waals surface area contributed by atoms with Gasteiger partial charge in [-0.1, -0.05) is 0 Å². The van der Waals surface area contributed by atoms with Gasteiger partial charge in [0.25, 0.3) is 0 Å². The lowest BCUT2D eigenvalue weighted by Gasteiger charge is -2.37. The fourth-order valence-electron chi connectivity index (χ4n) is 3.12. The zero-order valence-corrected chi connectivity index (χ0v) is 13.9. The molecule has 2 saturated heterocycles. The molecule has 2 aliphatic heterocycles. The van der Waals surface area contributed by atoms with Crippen LogP contribution in [0.25, 0.3) is 0 Å². The van der Waals surface area contributed by atoms with E-state index in [9.17, 15) is 4.79 Å². The van der Waals surface area contributed by atoms with Gasteiger partial charge in [-0.25, -0.2) is 4.79 Å². The van der Waals surface area contributed by atoms with Crippen LogP contribution in [0.15, 0.2) is 29.2 Å². The normalized spacial score (nSPS) is 22.8. The third-order valence-corrected chi connectivity index (χ3v) is 5.24. The first kappa shape index (κ1) is 15.6. The summed E-state index contributed by atoms with van der Waals surface area (Å²) in [5.74, 6) is 0. The number of nitrogens with zero attached hydrogens (tertiary/aromatic N) is 2. The molecule has 2 aliphatic rings. The molecule has 2 fully saturated rings. The van der Waals surface area contributed by atoms with Crippen molar-refractivity contribution in [3.63, 3.8) is 0 Å². The average Bonchev–Trinajstić information content (AvgIpc) is 3.10. The van der Waals surface area contributed by atoms with Crippen molar-refractivity contribution < 1.29 is 4.79 Å². The third-order valence-electron chi connectivity index (χ3n) is 4.49. The summed E-state index contributed by atoms with van der Waals surface area (Å²) in [4.78, 5) is 18.0. The van der Waals surface area contributed by atoms with Crippen LogP contribution in [0.2, 0.25) is 0 Å². The van der Waals surface area contributed by atoms with Gasteiger partial charge in [-0.2, -0.15) is 0 Å². The first-order valence-corrected chi connectivity index (χ1v) is 9.13. The smallest absolute Gasteiger partial charge is 0.321 e. The molecule has 1 aromatic rings. The summed E-state index contributed by atoms with van der Waals surface area (Å²) in [5, 5.41) is 6.40. The third kappa shape index (κ3) is 3.74. The van der Waals surface area contributed by atoms with Gasteiger partial charge in [-0.3, -0.25) is 4.90 Å². The standard InChI is InChI=1S/C16H24N4OS/c1-22-15-4-2-13(3-5-15)18-16(21)20-10-8-19(9-11-20)14-6-7-17-12-14/h2-5,14,17H,6-12H2,1H3,(H,18,21)/t14-/m0/s1. The fraction of sp³-hybridized carbons (Fsp3) is 0.562. The van der Waals surface area contributed by atoms with Gasteiger partial charge in [0.1, 0.15) is 0 Å². The molecule has 2 heterocycles. The molecule has 0 aromatic heterocycles. The number of anilines is 1. The Bertz CT molecular complexity index is 493. The van der Waals surface area contributed by atoms with Gasteiger partial charge in [-0.05, 0) is 43.5 Å². The van der Waals surface area contributed by atoms with Crippen LogP contribution in [-0.4, -0.2) is 67.4 Å². The molecule has 120 valence electrons. The average molecular weight is 320 g/mol. The summed E-state index contributed by atoms with van der Waals surface area (Å²) in [7, 11) is 0. The first-order valence-electron chi connectivity index (χ1n) is 7.91. The Morgan fingerprint density at radius 2 is 1.95 bits per heavy atom. The zero-order valence-electron chi connectivity index (χ0n) is 13.0. The molecule has 0 unspecified atom stereocenters. The van der Waals surface area contributed by atoms with Crippen molar-refractivity contribution in [2.24, 2.45) is 0 Å². The number of amides is 2. The Kier molecular flexibility index (Phi) is 5.23. The first-order chi connectivity index (χ1) is 10.8. The highest BCUT2D eigenvalue weighted by Gasteiger charge is 2.27. The Balaban J connectivity index is 1.48.